The van der Waals surface area contributed by atoms with E-state index in [0.717, 1.165) is 16.5 Å². The van der Waals surface area contributed by atoms with Crippen LogP contribution in [0.4, 0.5) is 0 Å². The van der Waals surface area contributed by atoms with Crippen molar-refractivity contribution < 1.29 is 9.53 Å². The highest BCUT2D eigenvalue weighted by Gasteiger charge is 2.19. The van der Waals surface area contributed by atoms with Gasteiger partial charge in [0, 0.05) is 26.6 Å². The number of carbonyl (C=O) groups excluding carboxylic acids is 1. The maximum atomic E-state index is 11.5. The van der Waals surface area contributed by atoms with E-state index in [4.69, 9.17) is 27.9 Å². The molecule has 1 heterocycles. The highest BCUT2D eigenvalue weighted by Crippen LogP contribution is 2.41. The van der Waals surface area contributed by atoms with Crippen molar-refractivity contribution in [3.05, 3.63) is 58.2 Å². The quantitative estimate of drug-likeness (QED) is 0.592. The van der Waals surface area contributed by atoms with Crippen LogP contribution in [0.2, 0.25) is 10.0 Å². The van der Waals surface area contributed by atoms with Crippen molar-refractivity contribution in [1.29, 1.82) is 0 Å². The molecule has 0 aliphatic carbocycles. The van der Waals surface area contributed by atoms with Crippen LogP contribution in [0.5, 0.6) is 5.75 Å². The lowest BCUT2D eigenvalue weighted by Gasteiger charge is -2.16. The minimum absolute atomic E-state index is 0.247. The second-order valence-electron chi connectivity index (χ2n) is 4.89. The minimum atomic E-state index is 0.247. The third-order valence-corrected chi connectivity index (χ3v) is 4.04. The summed E-state index contributed by atoms with van der Waals surface area (Å²) in [6.45, 7) is 2.26. The Kier molecular flexibility index (Phi) is 4.51. The summed E-state index contributed by atoms with van der Waals surface area (Å²) in [5, 5.41) is 1.94. The van der Waals surface area contributed by atoms with Crippen LogP contribution in [0.15, 0.2) is 42.5 Å². The first kappa shape index (κ1) is 15.8. The van der Waals surface area contributed by atoms with E-state index in [2.05, 4.69) is 4.98 Å². The second-order valence-corrected chi connectivity index (χ2v) is 5.74. The zero-order chi connectivity index (χ0) is 16.4. The number of hydrogen-bond acceptors (Lipinski definition) is 3. The van der Waals surface area contributed by atoms with E-state index in [0.29, 0.717) is 34.2 Å². The molecule has 5 heteroatoms. The molecule has 0 spiro atoms. The first-order valence-corrected chi connectivity index (χ1v) is 7.87. The molecule has 2 aromatic carbocycles. The number of aromatic nitrogens is 1. The maximum Gasteiger partial charge on any atom is 0.172 e. The molecule has 3 nitrogen and oxygen atoms in total. The summed E-state index contributed by atoms with van der Waals surface area (Å²) in [7, 11) is 0. The van der Waals surface area contributed by atoms with Gasteiger partial charge in [-0.2, -0.15) is 0 Å². The van der Waals surface area contributed by atoms with E-state index < -0.39 is 0 Å². The molecule has 0 N–H and O–H groups in total. The zero-order valence-electron chi connectivity index (χ0n) is 12.3. The van der Waals surface area contributed by atoms with Gasteiger partial charge in [-0.05, 0) is 31.2 Å². The topological polar surface area (TPSA) is 39.2 Å². The number of fused-ring (bicyclic) bond motifs is 1. The number of benzene rings is 2. The number of aldehydes is 1. The molecule has 116 valence electrons. The van der Waals surface area contributed by atoms with Crippen molar-refractivity contribution in [2.45, 2.75) is 6.92 Å². The average Bonchev–Trinajstić information content (AvgIpc) is 2.55. The Bertz CT molecular complexity index is 894. The Morgan fingerprint density at radius 2 is 1.96 bits per heavy atom. The van der Waals surface area contributed by atoms with Gasteiger partial charge in [0.05, 0.1) is 12.1 Å². The lowest BCUT2D eigenvalue weighted by molar-refractivity contribution is 0.111. The van der Waals surface area contributed by atoms with E-state index in [-0.39, 0.29) is 5.69 Å². The molecule has 3 aromatic rings. The number of nitrogens with zero attached hydrogens (tertiary/aromatic N) is 1. The Balaban J connectivity index is 2.48. The fourth-order valence-electron chi connectivity index (χ4n) is 2.54. The molecule has 0 unspecified atom stereocenters. The van der Waals surface area contributed by atoms with Gasteiger partial charge in [-0.1, -0.05) is 41.4 Å². The lowest BCUT2D eigenvalue weighted by Crippen LogP contribution is -2.02. The predicted molar refractivity (Wildman–Crippen MR) is 93.8 cm³/mol. The van der Waals surface area contributed by atoms with Gasteiger partial charge < -0.3 is 4.74 Å². The highest BCUT2D eigenvalue weighted by atomic mass is 35.5. The van der Waals surface area contributed by atoms with Crippen LogP contribution in [-0.2, 0) is 0 Å². The van der Waals surface area contributed by atoms with Crippen LogP contribution in [-0.4, -0.2) is 17.9 Å². The van der Waals surface area contributed by atoms with Gasteiger partial charge in [-0.15, -0.1) is 0 Å². The SMILES string of the molecule is CCOc1c(C=O)nc2ccc(Cl)cc2c1-c1ccccc1Cl. The number of carbonyl (C=O) groups is 1. The molecular formula is C18H13Cl2NO2. The molecule has 23 heavy (non-hydrogen) atoms. The maximum absolute atomic E-state index is 11.5. The third-order valence-electron chi connectivity index (χ3n) is 3.47. The van der Waals surface area contributed by atoms with Gasteiger partial charge in [0.15, 0.2) is 12.0 Å². The summed E-state index contributed by atoms with van der Waals surface area (Å²) in [5.74, 6) is 0.422. The first-order valence-electron chi connectivity index (χ1n) is 7.11. The molecular weight excluding hydrogens is 333 g/mol. The highest BCUT2D eigenvalue weighted by molar-refractivity contribution is 6.34. The van der Waals surface area contributed by atoms with Crippen LogP contribution in [0, 0.1) is 0 Å². The molecule has 3 rings (SSSR count). The smallest absolute Gasteiger partial charge is 0.172 e. The molecule has 0 radical (unpaired) electrons. The second kappa shape index (κ2) is 6.57. The average molecular weight is 346 g/mol. The largest absolute Gasteiger partial charge is 0.491 e. The van der Waals surface area contributed by atoms with Crippen LogP contribution < -0.4 is 4.74 Å². The fourth-order valence-corrected chi connectivity index (χ4v) is 2.94. The molecule has 0 bridgehead atoms. The van der Waals surface area contributed by atoms with Crippen molar-refractivity contribution in [2.75, 3.05) is 6.61 Å². The molecule has 0 atom stereocenters. The van der Waals surface area contributed by atoms with Gasteiger partial charge in [0.25, 0.3) is 0 Å². The van der Waals surface area contributed by atoms with Gasteiger partial charge in [-0.3, -0.25) is 4.79 Å². The fraction of sp³-hybridized carbons (Fsp3) is 0.111. The van der Waals surface area contributed by atoms with Crippen molar-refractivity contribution >= 4 is 40.4 Å². The molecule has 0 saturated carbocycles. The molecule has 0 fully saturated rings. The standard InChI is InChI=1S/C18H13Cl2NO2/c1-2-23-18-16(10-22)21-15-8-7-11(19)9-13(15)17(18)12-5-3-4-6-14(12)20/h3-10H,2H2,1H3. The normalized spacial score (nSPS) is 10.7. The minimum Gasteiger partial charge on any atom is -0.491 e. The summed E-state index contributed by atoms with van der Waals surface area (Å²) >= 11 is 12.5. The van der Waals surface area contributed by atoms with E-state index in [9.17, 15) is 4.79 Å². The molecule has 0 aliphatic heterocycles. The van der Waals surface area contributed by atoms with Gasteiger partial charge in [-0.25, -0.2) is 4.98 Å². The van der Waals surface area contributed by atoms with Crippen molar-refractivity contribution in [1.82, 2.24) is 4.98 Å². The number of ether oxygens (including phenoxy) is 1. The summed E-state index contributed by atoms with van der Waals surface area (Å²) in [5.41, 5.74) is 2.41. The van der Waals surface area contributed by atoms with Crippen LogP contribution in [0.1, 0.15) is 17.4 Å². The third kappa shape index (κ3) is 2.90. The molecule has 1 aromatic heterocycles. The molecule has 0 amide bonds. The molecule has 0 saturated heterocycles. The van der Waals surface area contributed by atoms with E-state index >= 15 is 0 Å². The Hall–Kier alpha value is -2.10. The van der Waals surface area contributed by atoms with Gasteiger partial charge in [0.1, 0.15) is 5.69 Å². The van der Waals surface area contributed by atoms with Crippen LogP contribution in [0.3, 0.4) is 0 Å². The summed E-state index contributed by atoms with van der Waals surface area (Å²) in [4.78, 5) is 15.9. The van der Waals surface area contributed by atoms with E-state index in [1.54, 1.807) is 24.3 Å². The number of hydrogen-bond donors (Lipinski definition) is 0. The van der Waals surface area contributed by atoms with Gasteiger partial charge >= 0.3 is 0 Å². The summed E-state index contributed by atoms with van der Waals surface area (Å²) in [6.07, 6.45) is 0.694. The number of pyridine rings is 1. The monoisotopic (exact) mass is 345 g/mol. The van der Waals surface area contributed by atoms with Crippen molar-refractivity contribution in [2.24, 2.45) is 0 Å². The van der Waals surface area contributed by atoms with Gasteiger partial charge in [0.2, 0.25) is 0 Å². The first-order chi connectivity index (χ1) is 11.2. The lowest BCUT2D eigenvalue weighted by atomic mass is 9.98. The zero-order valence-corrected chi connectivity index (χ0v) is 13.9. The Morgan fingerprint density at radius 3 is 2.65 bits per heavy atom. The summed E-state index contributed by atoms with van der Waals surface area (Å²) in [6, 6.07) is 12.7. The van der Waals surface area contributed by atoms with Crippen molar-refractivity contribution in [3.63, 3.8) is 0 Å². The predicted octanol–water partition coefficient (Wildman–Crippen LogP) is 5.42. The van der Waals surface area contributed by atoms with E-state index in [1.807, 2.05) is 25.1 Å². The number of halogens is 2. The molecule has 0 aliphatic rings. The van der Waals surface area contributed by atoms with E-state index in [1.165, 1.54) is 0 Å². The Labute approximate surface area is 143 Å². The van der Waals surface area contributed by atoms with Crippen LogP contribution >= 0.6 is 23.2 Å². The van der Waals surface area contributed by atoms with Crippen LogP contribution in [0.25, 0.3) is 22.0 Å². The Morgan fingerprint density at radius 1 is 1.17 bits per heavy atom. The summed E-state index contributed by atoms with van der Waals surface area (Å²) < 4.78 is 5.72. The van der Waals surface area contributed by atoms with Crippen molar-refractivity contribution in [3.8, 4) is 16.9 Å². The number of rotatable bonds is 4.